The molecule has 4 rings (SSSR count). The van der Waals surface area contributed by atoms with E-state index in [1.807, 2.05) is 6.92 Å². The zero-order chi connectivity index (χ0) is 24.3. The summed E-state index contributed by atoms with van der Waals surface area (Å²) in [6.45, 7) is 3.94. The van der Waals surface area contributed by atoms with Gasteiger partial charge in [0.05, 0.1) is 12.4 Å². The molecule has 9 heteroatoms. The molecule has 34 heavy (non-hydrogen) atoms. The first-order valence-electron chi connectivity index (χ1n) is 11.1. The lowest BCUT2D eigenvalue weighted by molar-refractivity contribution is 0.175. The highest BCUT2D eigenvalue weighted by Gasteiger charge is 2.19. The van der Waals surface area contributed by atoms with Crippen molar-refractivity contribution in [1.29, 1.82) is 0 Å². The summed E-state index contributed by atoms with van der Waals surface area (Å²) in [5.41, 5.74) is 2.18. The number of rotatable bonds is 9. The Labute approximate surface area is 198 Å². The smallest absolute Gasteiger partial charge is 0.232 e. The molecule has 0 bridgehead atoms. The molecule has 1 aliphatic rings. The van der Waals surface area contributed by atoms with Crippen molar-refractivity contribution < 1.29 is 26.7 Å². The Morgan fingerprint density at radius 1 is 1.06 bits per heavy atom. The van der Waals surface area contributed by atoms with E-state index in [1.165, 1.54) is 31.5 Å². The molecular weight excluding hydrogens is 462 g/mol. The number of aryl methyl sites for hydroxylation is 1. The summed E-state index contributed by atoms with van der Waals surface area (Å²) in [4.78, 5) is 4.45. The van der Waals surface area contributed by atoms with Crippen LogP contribution in [0.3, 0.4) is 0 Å². The van der Waals surface area contributed by atoms with Gasteiger partial charge in [-0.05, 0) is 74.6 Å². The summed E-state index contributed by atoms with van der Waals surface area (Å²) in [6, 6.07) is 11.3. The first kappa shape index (κ1) is 23.9. The highest BCUT2D eigenvalue weighted by atomic mass is 32.2. The number of aromatic nitrogens is 1. The highest BCUT2D eigenvalue weighted by Crippen LogP contribution is 2.38. The minimum Gasteiger partial charge on any atom is -0.477 e. The highest BCUT2D eigenvalue weighted by molar-refractivity contribution is 7.92. The van der Waals surface area contributed by atoms with Gasteiger partial charge in [-0.3, -0.25) is 4.72 Å². The normalized spacial score (nSPS) is 13.9. The van der Waals surface area contributed by atoms with Crippen molar-refractivity contribution in [3.63, 3.8) is 0 Å². The van der Waals surface area contributed by atoms with Crippen molar-refractivity contribution in [1.82, 2.24) is 4.98 Å². The maximum absolute atomic E-state index is 14.3. The van der Waals surface area contributed by atoms with Crippen LogP contribution >= 0.6 is 0 Å². The summed E-state index contributed by atoms with van der Waals surface area (Å²) in [5, 5.41) is 0. The Bertz CT molecular complexity index is 1290. The predicted molar refractivity (Wildman–Crippen MR) is 127 cm³/mol. The maximum atomic E-state index is 14.3. The molecule has 6 nitrogen and oxygen atoms in total. The number of benzene rings is 2. The SMILES string of the molecule is CCS(=O)(=O)Nc1ccc(Oc2ccc(F)cc2F)c(-c2cc(C)nc(OCC3CCC3)c2)c1. The van der Waals surface area contributed by atoms with Crippen molar-refractivity contribution in [3.8, 4) is 28.5 Å². The van der Waals surface area contributed by atoms with E-state index in [0.29, 0.717) is 40.9 Å². The molecule has 1 heterocycles. The van der Waals surface area contributed by atoms with Gasteiger partial charge in [-0.2, -0.15) is 0 Å². The van der Waals surface area contributed by atoms with Gasteiger partial charge in [-0.1, -0.05) is 6.42 Å². The molecule has 1 fully saturated rings. The maximum Gasteiger partial charge on any atom is 0.232 e. The molecule has 1 aromatic heterocycles. The number of ether oxygens (including phenoxy) is 2. The monoisotopic (exact) mass is 488 g/mol. The van der Waals surface area contributed by atoms with Gasteiger partial charge in [0.15, 0.2) is 11.6 Å². The molecule has 0 spiro atoms. The van der Waals surface area contributed by atoms with Crippen LogP contribution in [0.2, 0.25) is 0 Å². The van der Waals surface area contributed by atoms with Crippen LogP contribution in [0.5, 0.6) is 17.4 Å². The topological polar surface area (TPSA) is 77.5 Å². The number of sulfonamides is 1. The van der Waals surface area contributed by atoms with Gasteiger partial charge in [0, 0.05) is 29.1 Å². The Balaban J connectivity index is 1.73. The van der Waals surface area contributed by atoms with Crippen LogP contribution in [-0.2, 0) is 10.0 Å². The fourth-order valence-electron chi connectivity index (χ4n) is 3.57. The summed E-state index contributed by atoms with van der Waals surface area (Å²) in [6.07, 6.45) is 3.49. The average Bonchev–Trinajstić information content (AvgIpc) is 2.75. The lowest BCUT2D eigenvalue weighted by Gasteiger charge is -2.25. The van der Waals surface area contributed by atoms with Gasteiger partial charge in [-0.15, -0.1) is 0 Å². The molecule has 0 unspecified atom stereocenters. The summed E-state index contributed by atoms with van der Waals surface area (Å²) >= 11 is 0. The predicted octanol–water partition coefficient (Wildman–Crippen LogP) is 6.07. The summed E-state index contributed by atoms with van der Waals surface area (Å²) in [7, 11) is -3.52. The standard InChI is InChI=1S/C25H26F2N2O4S/c1-3-34(30,31)29-20-8-10-23(33-24-9-7-19(26)13-22(24)27)21(14-20)18-11-16(2)28-25(12-18)32-15-17-5-4-6-17/h7-14,17,29H,3-6,15H2,1-2H3. The minimum atomic E-state index is -3.52. The fraction of sp³-hybridized carbons (Fsp3) is 0.320. The van der Waals surface area contributed by atoms with Crippen molar-refractivity contribution in [3.05, 3.63) is 65.9 Å². The van der Waals surface area contributed by atoms with E-state index in [0.717, 1.165) is 25.0 Å². The minimum absolute atomic E-state index is 0.0884. The van der Waals surface area contributed by atoms with E-state index in [-0.39, 0.29) is 17.3 Å². The fourth-order valence-corrected chi connectivity index (χ4v) is 4.20. The summed E-state index contributed by atoms with van der Waals surface area (Å²) < 4.78 is 66.0. The number of halogens is 2. The number of pyridine rings is 1. The zero-order valence-corrected chi connectivity index (χ0v) is 19.8. The van der Waals surface area contributed by atoms with E-state index < -0.39 is 21.7 Å². The van der Waals surface area contributed by atoms with Gasteiger partial charge in [0.25, 0.3) is 0 Å². The van der Waals surface area contributed by atoms with Gasteiger partial charge in [-0.25, -0.2) is 22.2 Å². The number of nitrogens with one attached hydrogen (secondary N) is 1. The van der Waals surface area contributed by atoms with Crippen molar-refractivity contribution in [2.45, 2.75) is 33.1 Å². The van der Waals surface area contributed by atoms with Crippen molar-refractivity contribution in [2.24, 2.45) is 5.92 Å². The quantitative estimate of drug-likeness (QED) is 0.396. The van der Waals surface area contributed by atoms with Crippen LogP contribution in [-0.4, -0.2) is 25.8 Å². The Morgan fingerprint density at radius 2 is 1.82 bits per heavy atom. The van der Waals surface area contributed by atoms with Gasteiger partial charge in [0.1, 0.15) is 11.6 Å². The van der Waals surface area contributed by atoms with E-state index >= 15 is 0 Å². The van der Waals surface area contributed by atoms with E-state index in [4.69, 9.17) is 9.47 Å². The molecule has 0 saturated heterocycles. The van der Waals surface area contributed by atoms with Crippen LogP contribution in [0.25, 0.3) is 11.1 Å². The number of hydrogen-bond acceptors (Lipinski definition) is 5. The molecule has 0 amide bonds. The second-order valence-electron chi connectivity index (χ2n) is 8.34. The number of anilines is 1. The van der Waals surface area contributed by atoms with Crippen LogP contribution < -0.4 is 14.2 Å². The van der Waals surface area contributed by atoms with Crippen LogP contribution in [0.4, 0.5) is 14.5 Å². The lowest BCUT2D eigenvalue weighted by atomic mass is 9.86. The molecule has 1 aliphatic carbocycles. The zero-order valence-electron chi connectivity index (χ0n) is 19.0. The average molecular weight is 489 g/mol. The second-order valence-corrected chi connectivity index (χ2v) is 10.3. The van der Waals surface area contributed by atoms with Gasteiger partial charge in [0.2, 0.25) is 15.9 Å². The third-order valence-corrected chi connectivity index (χ3v) is 6.99. The molecule has 2 aromatic carbocycles. The molecule has 0 aliphatic heterocycles. The van der Waals surface area contributed by atoms with Crippen LogP contribution in [0.15, 0.2) is 48.5 Å². The molecule has 1 saturated carbocycles. The molecule has 0 radical (unpaired) electrons. The first-order valence-corrected chi connectivity index (χ1v) is 12.8. The Hall–Kier alpha value is -3.20. The van der Waals surface area contributed by atoms with E-state index in [2.05, 4.69) is 9.71 Å². The number of nitrogens with zero attached hydrogens (tertiary/aromatic N) is 1. The van der Waals surface area contributed by atoms with Crippen LogP contribution in [0.1, 0.15) is 31.9 Å². The first-order chi connectivity index (χ1) is 16.2. The Morgan fingerprint density at radius 3 is 2.50 bits per heavy atom. The van der Waals surface area contributed by atoms with Gasteiger partial charge >= 0.3 is 0 Å². The second kappa shape index (κ2) is 9.97. The third kappa shape index (κ3) is 5.83. The third-order valence-electron chi connectivity index (χ3n) is 5.68. The Kier molecular flexibility index (Phi) is 7.02. The molecule has 180 valence electrons. The van der Waals surface area contributed by atoms with Crippen molar-refractivity contribution >= 4 is 15.7 Å². The number of hydrogen-bond donors (Lipinski definition) is 1. The lowest BCUT2D eigenvalue weighted by Crippen LogP contribution is -2.19. The summed E-state index contributed by atoms with van der Waals surface area (Å²) in [5.74, 6) is -0.574. The van der Waals surface area contributed by atoms with E-state index in [1.54, 1.807) is 18.2 Å². The molecule has 0 atom stereocenters. The molecule has 1 N–H and O–H groups in total. The largest absolute Gasteiger partial charge is 0.477 e. The van der Waals surface area contributed by atoms with E-state index in [9.17, 15) is 17.2 Å². The van der Waals surface area contributed by atoms with Crippen molar-refractivity contribution in [2.75, 3.05) is 17.1 Å². The molecule has 3 aromatic rings. The molecular formula is C25H26F2N2O4S. The van der Waals surface area contributed by atoms with Crippen LogP contribution in [0, 0.1) is 24.5 Å². The van der Waals surface area contributed by atoms with Gasteiger partial charge < -0.3 is 9.47 Å².